The Balaban J connectivity index is 2.11. The second-order valence-corrected chi connectivity index (χ2v) is 9.97. The molecule has 1 aliphatic carbocycles. The van der Waals surface area contributed by atoms with Gasteiger partial charge in [0.15, 0.2) is 0 Å². The summed E-state index contributed by atoms with van der Waals surface area (Å²) < 4.78 is 21.0. The third kappa shape index (κ3) is 7.94. The zero-order valence-electron chi connectivity index (χ0n) is 22.4. The molecule has 0 saturated carbocycles. The van der Waals surface area contributed by atoms with Crippen molar-refractivity contribution >= 4 is 46.7 Å². The van der Waals surface area contributed by atoms with Crippen LogP contribution in [0.3, 0.4) is 0 Å². The van der Waals surface area contributed by atoms with Crippen molar-refractivity contribution in [2.75, 3.05) is 32.3 Å². The number of carbonyl (C=O) groups is 3. The number of rotatable bonds is 11. The van der Waals surface area contributed by atoms with E-state index in [-0.39, 0.29) is 36.4 Å². The van der Waals surface area contributed by atoms with Gasteiger partial charge in [-0.1, -0.05) is 23.2 Å². The smallest absolute Gasteiger partial charge is 0.339 e. The number of hydrogen-bond acceptors (Lipinski definition) is 8. The van der Waals surface area contributed by atoms with Crippen LogP contribution in [-0.2, 0) is 30.3 Å². The highest BCUT2D eigenvalue weighted by Crippen LogP contribution is 2.39. The molecule has 1 heterocycles. The van der Waals surface area contributed by atoms with Crippen molar-refractivity contribution < 1.29 is 33.3 Å². The van der Waals surface area contributed by atoms with E-state index in [0.29, 0.717) is 46.0 Å². The number of esters is 2. The van der Waals surface area contributed by atoms with Crippen molar-refractivity contribution in [3.05, 3.63) is 62.9 Å². The molecule has 11 heteroatoms. The van der Waals surface area contributed by atoms with Gasteiger partial charge in [-0.15, -0.1) is 0 Å². The van der Waals surface area contributed by atoms with E-state index in [2.05, 4.69) is 4.98 Å². The number of hydrogen-bond donors (Lipinski definition) is 0. The minimum Gasteiger partial charge on any atom is -0.489 e. The quantitative estimate of drug-likeness (QED) is 0.252. The molecule has 0 N–H and O–H groups in total. The Morgan fingerprint density at radius 2 is 1.67 bits per heavy atom. The second kappa shape index (κ2) is 14.3. The SMILES string of the molecule is COCCOC(=O)C1=C(C(=O)N(Cc2cncc(C(=O)OC)c2)c2cc(OC(C)C)c(Cl)cc2Cl)CCCC1. The van der Waals surface area contributed by atoms with Crippen LogP contribution in [-0.4, -0.2) is 56.4 Å². The van der Waals surface area contributed by atoms with Crippen LogP contribution < -0.4 is 9.64 Å². The standard InChI is InChI=1S/C28H32Cl2N2O7/c1-17(2)39-25-13-24(22(29)12-23(25)30)32(16-18-11-19(15-31-14-18)27(34)37-4)26(33)20-7-5-6-8-21(20)28(35)38-10-9-36-3/h11-15,17H,5-10,16H2,1-4H3. The number of methoxy groups -OCH3 is 2. The maximum atomic E-state index is 14.2. The molecule has 0 bridgehead atoms. The first-order chi connectivity index (χ1) is 18.7. The van der Waals surface area contributed by atoms with Gasteiger partial charge in [-0.3, -0.25) is 9.78 Å². The maximum absolute atomic E-state index is 14.2. The summed E-state index contributed by atoms with van der Waals surface area (Å²) in [7, 11) is 2.79. The number of benzene rings is 1. The Hall–Kier alpha value is -3.14. The first kappa shape index (κ1) is 30.4. The van der Waals surface area contributed by atoms with E-state index in [0.717, 1.165) is 12.8 Å². The van der Waals surface area contributed by atoms with E-state index in [1.165, 1.54) is 37.6 Å². The van der Waals surface area contributed by atoms with Crippen LogP contribution in [0.1, 0.15) is 55.5 Å². The fourth-order valence-electron chi connectivity index (χ4n) is 4.16. The van der Waals surface area contributed by atoms with Crippen molar-refractivity contribution in [1.29, 1.82) is 0 Å². The number of aromatic nitrogens is 1. The molecular formula is C28H32Cl2N2O7. The zero-order valence-corrected chi connectivity index (χ0v) is 23.9. The summed E-state index contributed by atoms with van der Waals surface area (Å²) in [6, 6.07) is 4.69. The Morgan fingerprint density at radius 1 is 0.949 bits per heavy atom. The summed E-state index contributed by atoms with van der Waals surface area (Å²) >= 11 is 13.0. The lowest BCUT2D eigenvalue weighted by atomic mass is 9.90. The number of halogens is 2. The van der Waals surface area contributed by atoms with Crippen LogP contribution in [0, 0.1) is 0 Å². The highest BCUT2D eigenvalue weighted by molar-refractivity contribution is 6.37. The Kier molecular flexibility index (Phi) is 11.2. The molecule has 1 aromatic heterocycles. The molecule has 1 aromatic carbocycles. The van der Waals surface area contributed by atoms with Gasteiger partial charge < -0.3 is 23.8 Å². The fraction of sp³-hybridized carbons (Fsp3) is 0.429. The number of pyridine rings is 1. The van der Waals surface area contributed by atoms with Crippen LogP contribution in [0.5, 0.6) is 5.75 Å². The first-order valence-corrected chi connectivity index (χ1v) is 13.3. The van der Waals surface area contributed by atoms with Crippen LogP contribution >= 0.6 is 23.2 Å². The monoisotopic (exact) mass is 578 g/mol. The average molecular weight is 579 g/mol. The highest BCUT2D eigenvalue weighted by atomic mass is 35.5. The number of amides is 1. The lowest BCUT2D eigenvalue weighted by Gasteiger charge is -2.28. The van der Waals surface area contributed by atoms with Gasteiger partial charge in [0.2, 0.25) is 0 Å². The summed E-state index contributed by atoms with van der Waals surface area (Å²) in [4.78, 5) is 44.8. The molecule has 0 radical (unpaired) electrons. The van der Waals surface area contributed by atoms with Gasteiger partial charge in [-0.25, -0.2) is 9.59 Å². The number of anilines is 1. The normalized spacial score (nSPS) is 13.3. The molecular weight excluding hydrogens is 547 g/mol. The maximum Gasteiger partial charge on any atom is 0.339 e. The molecule has 0 saturated heterocycles. The van der Waals surface area contributed by atoms with Gasteiger partial charge in [0.1, 0.15) is 12.4 Å². The van der Waals surface area contributed by atoms with Crippen molar-refractivity contribution in [3.63, 3.8) is 0 Å². The predicted molar refractivity (Wildman–Crippen MR) is 147 cm³/mol. The van der Waals surface area contributed by atoms with Gasteiger partial charge in [0.25, 0.3) is 5.91 Å². The van der Waals surface area contributed by atoms with Crippen molar-refractivity contribution in [1.82, 2.24) is 4.98 Å². The molecule has 39 heavy (non-hydrogen) atoms. The van der Waals surface area contributed by atoms with E-state index >= 15 is 0 Å². The molecule has 210 valence electrons. The van der Waals surface area contributed by atoms with Crippen molar-refractivity contribution in [2.24, 2.45) is 0 Å². The second-order valence-electron chi connectivity index (χ2n) is 9.16. The number of ether oxygens (including phenoxy) is 4. The third-order valence-corrected chi connectivity index (χ3v) is 6.55. The van der Waals surface area contributed by atoms with Crippen LogP contribution in [0.25, 0.3) is 0 Å². The molecule has 0 atom stereocenters. The molecule has 3 rings (SSSR count). The van der Waals surface area contributed by atoms with Crippen LogP contribution in [0.4, 0.5) is 5.69 Å². The van der Waals surface area contributed by atoms with E-state index in [1.54, 1.807) is 12.1 Å². The van der Waals surface area contributed by atoms with Gasteiger partial charge >= 0.3 is 11.9 Å². The Morgan fingerprint density at radius 3 is 2.33 bits per heavy atom. The number of carbonyl (C=O) groups excluding carboxylic acids is 3. The van der Waals surface area contributed by atoms with Gasteiger partial charge in [0, 0.05) is 36.7 Å². The van der Waals surface area contributed by atoms with Crippen molar-refractivity contribution in [3.8, 4) is 5.75 Å². The minimum absolute atomic E-state index is 0.00532. The fourth-order valence-corrected chi connectivity index (χ4v) is 4.69. The Bertz CT molecular complexity index is 1250. The molecule has 1 amide bonds. The number of nitrogens with zero attached hydrogens (tertiary/aromatic N) is 2. The molecule has 0 unspecified atom stereocenters. The minimum atomic E-state index is -0.560. The van der Waals surface area contributed by atoms with Crippen LogP contribution in [0.15, 0.2) is 41.7 Å². The summed E-state index contributed by atoms with van der Waals surface area (Å²) in [5.41, 5.74) is 1.78. The largest absolute Gasteiger partial charge is 0.489 e. The Labute approximate surface area is 238 Å². The lowest BCUT2D eigenvalue weighted by Crippen LogP contribution is -2.34. The van der Waals surface area contributed by atoms with E-state index in [1.807, 2.05) is 13.8 Å². The summed E-state index contributed by atoms with van der Waals surface area (Å²) in [6.07, 6.45) is 5.03. The summed E-state index contributed by atoms with van der Waals surface area (Å²) in [5.74, 6) is -1.18. The van der Waals surface area contributed by atoms with Gasteiger partial charge in [0.05, 0.1) is 47.7 Å². The van der Waals surface area contributed by atoms with Crippen LogP contribution in [0.2, 0.25) is 10.0 Å². The van der Waals surface area contributed by atoms with E-state index in [9.17, 15) is 14.4 Å². The predicted octanol–water partition coefficient (Wildman–Crippen LogP) is 5.56. The molecule has 9 nitrogen and oxygen atoms in total. The first-order valence-electron chi connectivity index (χ1n) is 12.5. The highest BCUT2D eigenvalue weighted by Gasteiger charge is 2.30. The lowest BCUT2D eigenvalue weighted by molar-refractivity contribution is -0.140. The summed E-state index contributed by atoms with van der Waals surface area (Å²) in [5, 5.41) is 0.501. The summed E-state index contributed by atoms with van der Waals surface area (Å²) in [6.45, 7) is 4.03. The topological polar surface area (TPSA) is 104 Å². The van der Waals surface area contributed by atoms with Crippen molar-refractivity contribution in [2.45, 2.75) is 52.2 Å². The molecule has 1 aliphatic rings. The van der Waals surface area contributed by atoms with E-state index < -0.39 is 17.8 Å². The molecule has 2 aromatic rings. The molecule has 0 fully saturated rings. The van der Waals surface area contributed by atoms with E-state index in [4.69, 9.17) is 42.1 Å². The third-order valence-electron chi connectivity index (χ3n) is 5.95. The molecule has 0 aliphatic heterocycles. The zero-order chi connectivity index (χ0) is 28.5. The molecule has 0 spiro atoms. The average Bonchev–Trinajstić information content (AvgIpc) is 2.92. The van der Waals surface area contributed by atoms with Gasteiger partial charge in [-0.05, 0) is 57.2 Å². The van der Waals surface area contributed by atoms with Gasteiger partial charge in [-0.2, -0.15) is 0 Å².